The Morgan fingerprint density at radius 1 is 1.26 bits per heavy atom. The lowest BCUT2D eigenvalue weighted by atomic mass is 10.1. The van der Waals surface area contributed by atoms with Gasteiger partial charge >= 0.3 is 0 Å². The molecule has 2 heterocycles. The molecule has 6 heteroatoms. The summed E-state index contributed by atoms with van der Waals surface area (Å²) < 4.78 is 5.33. The van der Waals surface area contributed by atoms with E-state index in [9.17, 15) is 0 Å². The fourth-order valence-corrected chi connectivity index (χ4v) is 4.53. The molecule has 4 nitrogen and oxygen atoms in total. The zero-order valence-electron chi connectivity index (χ0n) is 10.4. The first-order valence-corrected chi connectivity index (χ1v) is 8.38. The van der Waals surface area contributed by atoms with E-state index >= 15 is 0 Å². The van der Waals surface area contributed by atoms with Crippen molar-refractivity contribution in [2.24, 2.45) is 5.73 Å². The number of benzene rings is 1. The number of hydrogen-bond acceptors (Lipinski definition) is 6. The number of hydrogen-bond donors (Lipinski definition) is 1. The van der Waals surface area contributed by atoms with Gasteiger partial charge in [0.2, 0.25) is 5.89 Å². The molecule has 3 rings (SSSR count). The van der Waals surface area contributed by atoms with Crippen molar-refractivity contribution in [3.63, 3.8) is 0 Å². The van der Waals surface area contributed by atoms with E-state index < -0.39 is 0 Å². The van der Waals surface area contributed by atoms with Gasteiger partial charge in [0, 0.05) is 17.3 Å². The second-order valence-corrected chi connectivity index (χ2v) is 6.77. The number of aromatic nitrogens is 2. The lowest BCUT2D eigenvalue weighted by Crippen LogP contribution is -2.13. The largest absolute Gasteiger partial charge is 0.337 e. The Bertz CT molecular complexity index is 526. The lowest BCUT2D eigenvalue weighted by Gasteiger charge is -2.17. The number of nitrogens with zero attached hydrogens (tertiary/aromatic N) is 2. The molecule has 19 heavy (non-hydrogen) atoms. The summed E-state index contributed by atoms with van der Waals surface area (Å²) in [6, 6.07) is 9.48. The van der Waals surface area contributed by atoms with Crippen molar-refractivity contribution in [2.45, 2.75) is 11.3 Å². The van der Waals surface area contributed by atoms with Gasteiger partial charge in [0.1, 0.15) is 6.04 Å². The average Bonchev–Trinajstić information content (AvgIpc) is 2.98. The first-order valence-electron chi connectivity index (χ1n) is 6.18. The molecule has 2 aromatic rings. The lowest BCUT2D eigenvalue weighted by molar-refractivity contribution is 0.362. The molecular weight excluding hydrogens is 278 g/mol. The molecular formula is C13H15N3OS2. The van der Waals surface area contributed by atoms with Crippen molar-refractivity contribution < 1.29 is 4.52 Å². The fraction of sp³-hybridized carbons (Fsp3) is 0.385. The maximum atomic E-state index is 6.15. The normalized spacial score (nSPS) is 21.2. The van der Waals surface area contributed by atoms with Gasteiger partial charge in [0.15, 0.2) is 5.82 Å². The predicted octanol–water partition coefficient (Wildman–Crippen LogP) is 2.64. The van der Waals surface area contributed by atoms with E-state index in [4.69, 9.17) is 10.3 Å². The summed E-state index contributed by atoms with van der Waals surface area (Å²) in [4.78, 5) is 4.47. The molecule has 1 aliphatic heterocycles. The second kappa shape index (κ2) is 5.98. The zero-order valence-corrected chi connectivity index (χ0v) is 12.0. The van der Waals surface area contributed by atoms with Crippen molar-refractivity contribution >= 4 is 23.5 Å². The molecule has 1 saturated heterocycles. The Labute approximate surface area is 120 Å². The molecule has 0 radical (unpaired) electrons. The number of thioether (sulfide) groups is 2. The van der Waals surface area contributed by atoms with Crippen molar-refractivity contribution in [3.05, 3.63) is 47.6 Å². The topological polar surface area (TPSA) is 64.9 Å². The molecule has 2 atom stereocenters. The van der Waals surface area contributed by atoms with Crippen LogP contribution in [0.3, 0.4) is 0 Å². The maximum absolute atomic E-state index is 6.15. The van der Waals surface area contributed by atoms with Gasteiger partial charge in [-0.1, -0.05) is 35.5 Å². The van der Waals surface area contributed by atoms with Gasteiger partial charge in [-0.15, -0.1) is 11.8 Å². The van der Waals surface area contributed by atoms with E-state index in [1.54, 1.807) is 0 Å². The summed E-state index contributed by atoms with van der Waals surface area (Å²) >= 11 is 3.83. The number of nitrogens with two attached hydrogens (primary N) is 1. The van der Waals surface area contributed by atoms with Gasteiger partial charge in [0.25, 0.3) is 0 Å². The van der Waals surface area contributed by atoms with Crippen LogP contribution in [0.5, 0.6) is 0 Å². The van der Waals surface area contributed by atoms with E-state index in [2.05, 4.69) is 10.1 Å². The molecule has 1 aromatic carbocycles. The van der Waals surface area contributed by atoms with Crippen molar-refractivity contribution in [1.29, 1.82) is 0 Å². The molecule has 2 unspecified atom stereocenters. The van der Waals surface area contributed by atoms with Crippen molar-refractivity contribution in [1.82, 2.24) is 10.1 Å². The molecule has 2 N–H and O–H groups in total. The van der Waals surface area contributed by atoms with E-state index in [0.29, 0.717) is 11.1 Å². The van der Waals surface area contributed by atoms with Crippen LogP contribution in [-0.2, 0) is 0 Å². The van der Waals surface area contributed by atoms with Crippen LogP contribution in [0.2, 0.25) is 0 Å². The first-order chi connectivity index (χ1) is 9.34. The molecule has 100 valence electrons. The summed E-state index contributed by atoms with van der Waals surface area (Å²) in [6.45, 7) is 0. The Morgan fingerprint density at radius 3 is 2.84 bits per heavy atom. The molecule has 0 spiro atoms. The first kappa shape index (κ1) is 13.0. The highest BCUT2D eigenvalue weighted by Gasteiger charge is 2.24. The highest BCUT2D eigenvalue weighted by atomic mass is 32.2. The van der Waals surface area contributed by atoms with E-state index in [1.807, 2.05) is 53.9 Å². The minimum atomic E-state index is -0.344. The quantitative estimate of drug-likeness (QED) is 0.938. The molecule has 1 aliphatic rings. The fourth-order valence-electron chi connectivity index (χ4n) is 1.94. The number of rotatable bonds is 3. The highest BCUT2D eigenvalue weighted by molar-refractivity contribution is 8.06. The molecule has 1 fully saturated rings. The van der Waals surface area contributed by atoms with E-state index in [-0.39, 0.29) is 6.04 Å². The summed E-state index contributed by atoms with van der Waals surface area (Å²) in [5.41, 5.74) is 7.14. The van der Waals surface area contributed by atoms with Crippen LogP contribution < -0.4 is 5.73 Å². The van der Waals surface area contributed by atoms with E-state index in [0.717, 1.165) is 22.9 Å². The summed E-state index contributed by atoms with van der Waals surface area (Å²) in [7, 11) is 0. The summed E-state index contributed by atoms with van der Waals surface area (Å²) in [6.07, 6.45) is 0. The predicted molar refractivity (Wildman–Crippen MR) is 79.3 cm³/mol. The molecule has 1 aromatic heterocycles. The van der Waals surface area contributed by atoms with Gasteiger partial charge < -0.3 is 10.3 Å². The standard InChI is InChI=1S/C13H15N3OS2/c14-11(9-4-2-1-3-5-9)13-15-12(16-17-13)10-8-18-6-7-19-10/h1-5,10-11H,6-8,14H2. The van der Waals surface area contributed by atoms with Gasteiger partial charge in [0.05, 0.1) is 5.25 Å². The summed E-state index contributed by atoms with van der Waals surface area (Å²) in [5.74, 6) is 4.67. The van der Waals surface area contributed by atoms with Crippen molar-refractivity contribution in [2.75, 3.05) is 17.3 Å². The Balaban J connectivity index is 1.77. The van der Waals surface area contributed by atoms with E-state index in [1.165, 1.54) is 5.75 Å². The van der Waals surface area contributed by atoms with Crippen LogP contribution in [0.25, 0.3) is 0 Å². The van der Waals surface area contributed by atoms with Crippen LogP contribution in [0.15, 0.2) is 34.9 Å². The Kier molecular flexibility index (Phi) is 4.10. The van der Waals surface area contributed by atoms with Gasteiger partial charge in [-0.25, -0.2) is 0 Å². The SMILES string of the molecule is NC(c1ccccc1)c1nc(C2CSCCS2)no1. The summed E-state index contributed by atoms with van der Waals surface area (Å²) in [5, 5.41) is 4.42. The molecule has 0 amide bonds. The molecule has 0 bridgehead atoms. The van der Waals surface area contributed by atoms with Crippen LogP contribution in [-0.4, -0.2) is 27.4 Å². The molecule has 0 saturated carbocycles. The second-order valence-electron chi connectivity index (χ2n) is 4.31. The maximum Gasteiger partial charge on any atom is 0.248 e. The van der Waals surface area contributed by atoms with Gasteiger partial charge in [-0.3, -0.25) is 0 Å². The molecule has 0 aliphatic carbocycles. The van der Waals surface area contributed by atoms with Gasteiger partial charge in [-0.2, -0.15) is 16.7 Å². The van der Waals surface area contributed by atoms with Crippen LogP contribution >= 0.6 is 23.5 Å². The monoisotopic (exact) mass is 293 g/mol. The third kappa shape index (κ3) is 2.96. The van der Waals surface area contributed by atoms with Crippen LogP contribution in [0.4, 0.5) is 0 Å². The minimum absolute atomic E-state index is 0.333. The minimum Gasteiger partial charge on any atom is -0.337 e. The Hall–Kier alpha value is -0.980. The smallest absolute Gasteiger partial charge is 0.248 e. The highest BCUT2D eigenvalue weighted by Crippen LogP contribution is 2.35. The average molecular weight is 293 g/mol. The Morgan fingerprint density at radius 2 is 2.11 bits per heavy atom. The van der Waals surface area contributed by atoms with Crippen LogP contribution in [0, 0.1) is 0 Å². The third-order valence-electron chi connectivity index (χ3n) is 2.99. The van der Waals surface area contributed by atoms with Crippen LogP contribution in [0.1, 0.15) is 28.6 Å². The third-order valence-corrected chi connectivity index (χ3v) is 5.74. The zero-order chi connectivity index (χ0) is 13.1. The van der Waals surface area contributed by atoms with Gasteiger partial charge in [-0.05, 0) is 5.56 Å². The van der Waals surface area contributed by atoms with Crippen molar-refractivity contribution in [3.8, 4) is 0 Å².